The summed E-state index contributed by atoms with van der Waals surface area (Å²) < 4.78 is 0. The van der Waals surface area contributed by atoms with Crippen molar-refractivity contribution in [3.8, 4) is 0 Å². The summed E-state index contributed by atoms with van der Waals surface area (Å²) in [4.78, 5) is 2.67. The SMILES string of the molecule is CCN(CC(C)C)c1cc(Cl)ccc1C(N)=S. The molecule has 0 atom stereocenters. The molecule has 0 aromatic heterocycles. The summed E-state index contributed by atoms with van der Waals surface area (Å²) in [5.74, 6) is 0.577. The van der Waals surface area contributed by atoms with Crippen LogP contribution in [0.15, 0.2) is 18.2 Å². The lowest BCUT2D eigenvalue weighted by Crippen LogP contribution is -2.29. The van der Waals surface area contributed by atoms with Gasteiger partial charge in [0.25, 0.3) is 0 Å². The highest BCUT2D eigenvalue weighted by atomic mass is 35.5. The molecule has 0 bridgehead atoms. The van der Waals surface area contributed by atoms with E-state index in [1.807, 2.05) is 18.2 Å². The number of rotatable bonds is 5. The average Bonchev–Trinajstić information content (AvgIpc) is 2.25. The third kappa shape index (κ3) is 3.86. The van der Waals surface area contributed by atoms with Gasteiger partial charge in [-0.25, -0.2) is 0 Å². The van der Waals surface area contributed by atoms with Gasteiger partial charge in [0, 0.05) is 29.4 Å². The number of halogens is 1. The second-order valence-electron chi connectivity index (χ2n) is 4.46. The summed E-state index contributed by atoms with van der Waals surface area (Å²) in [6.45, 7) is 8.37. The molecule has 0 saturated heterocycles. The van der Waals surface area contributed by atoms with Crippen molar-refractivity contribution in [2.24, 2.45) is 11.7 Å². The van der Waals surface area contributed by atoms with Crippen LogP contribution < -0.4 is 10.6 Å². The van der Waals surface area contributed by atoms with Crippen LogP contribution in [0.3, 0.4) is 0 Å². The summed E-state index contributed by atoms with van der Waals surface area (Å²) >= 11 is 11.1. The standard InChI is InChI=1S/C13H19ClN2S/c1-4-16(8-9(2)3)12-7-10(14)5-6-11(12)13(15)17/h5-7,9H,4,8H2,1-3H3,(H2,15,17). The van der Waals surface area contributed by atoms with Crippen molar-refractivity contribution >= 4 is 34.5 Å². The van der Waals surface area contributed by atoms with E-state index in [2.05, 4.69) is 25.7 Å². The molecule has 2 nitrogen and oxygen atoms in total. The zero-order chi connectivity index (χ0) is 13.0. The largest absolute Gasteiger partial charge is 0.389 e. The van der Waals surface area contributed by atoms with Gasteiger partial charge in [0.15, 0.2) is 0 Å². The Balaban J connectivity index is 3.15. The Labute approximate surface area is 114 Å². The molecule has 0 saturated carbocycles. The van der Waals surface area contributed by atoms with Crippen molar-refractivity contribution in [1.29, 1.82) is 0 Å². The molecule has 94 valence electrons. The van der Waals surface area contributed by atoms with E-state index in [0.29, 0.717) is 15.9 Å². The fourth-order valence-corrected chi connectivity index (χ4v) is 2.15. The molecule has 1 aromatic carbocycles. The molecule has 0 unspecified atom stereocenters. The van der Waals surface area contributed by atoms with Crippen molar-refractivity contribution in [3.63, 3.8) is 0 Å². The molecule has 0 aliphatic carbocycles. The number of anilines is 1. The van der Waals surface area contributed by atoms with Crippen LogP contribution in [-0.2, 0) is 0 Å². The fourth-order valence-electron chi connectivity index (χ4n) is 1.81. The number of hydrogen-bond acceptors (Lipinski definition) is 2. The van der Waals surface area contributed by atoms with Gasteiger partial charge in [0.05, 0.1) is 0 Å². The lowest BCUT2D eigenvalue weighted by Gasteiger charge is -2.27. The van der Waals surface area contributed by atoms with Crippen LogP contribution in [0, 0.1) is 5.92 Å². The normalized spacial score (nSPS) is 10.6. The maximum atomic E-state index is 6.05. The van der Waals surface area contributed by atoms with Gasteiger partial charge in [-0.3, -0.25) is 0 Å². The van der Waals surface area contributed by atoms with Crippen LogP contribution in [-0.4, -0.2) is 18.1 Å². The Morgan fingerprint density at radius 1 is 1.47 bits per heavy atom. The second-order valence-corrected chi connectivity index (χ2v) is 5.33. The molecule has 0 spiro atoms. The highest BCUT2D eigenvalue weighted by Gasteiger charge is 2.13. The molecule has 1 rings (SSSR count). The molecule has 0 amide bonds. The van der Waals surface area contributed by atoms with E-state index in [0.717, 1.165) is 24.3 Å². The van der Waals surface area contributed by atoms with E-state index in [4.69, 9.17) is 29.6 Å². The molecule has 1 aromatic rings. The Morgan fingerprint density at radius 2 is 2.12 bits per heavy atom. The number of nitrogens with zero attached hydrogens (tertiary/aromatic N) is 1. The monoisotopic (exact) mass is 270 g/mol. The van der Waals surface area contributed by atoms with E-state index in [1.54, 1.807) is 0 Å². The van der Waals surface area contributed by atoms with Crippen LogP contribution in [0.2, 0.25) is 5.02 Å². The van der Waals surface area contributed by atoms with E-state index in [9.17, 15) is 0 Å². The fraction of sp³-hybridized carbons (Fsp3) is 0.462. The van der Waals surface area contributed by atoms with Crippen LogP contribution in [0.5, 0.6) is 0 Å². The Kier molecular flexibility index (Phi) is 5.22. The zero-order valence-corrected chi connectivity index (χ0v) is 12.1. The number of nitrogens with two attached hydrogens (primary N) is 1. The number of hydrogen-bond donors (Lipinski definition) is 1. The van der Waals surface area contributed by atoms with Gasteiger partial charge in [-0.1, -0.05) is 37.7 Å². The van der Waals surface area contributed by atoms with Gasteiger partial charge < -0.3 is 10.6 Å². The highest BCUT2D eigenvalue weighted by molar-refractivity contribution is 7.80. The van der Waals surface area contributed by atoms with Crippen LogP contribution in [0.1, 0.15) is 26.3 Å². The molecule has 0 aliphatic heterocycles. The Bertz CT molecular complexity index is 404. The minimum absolute atomic E-state index is 0.416. The topological polar surface area (TPSA) is 29.3 Å². The van der Waals surface area contributed by atoms with E-state index < -0.39 is 0 Å². The third-order valence-electron chi connectivity index (χ3n) is 2.53. The number of thiocarbonyl (C=S) groups is 1. The highest BCUT2D eigenvalue weighted by Crippen LogP contribution is 2.25. The van der Waals surface area contributed by atoms with Gasteiger partial charge >= 0.3 is 0 Å². The van der Waals surface area contributed by atoms with Gasteiger partial charge in [-0.05, 0) is 31.0 Å². The first kappa shape index (κ1) is 14.3. The molecule has 0 aliphatic rings. The Hall–Kier alpha value is -0.800. The smallest absolute Gasteiger partial charge is 0.106 e. The van der Waals surface area contributed by atoms with Crippen LogP contribution in [0.25, 0.3) is 0 Å². The van der Waals surface area contributed by atoms with Crippen molar-refractivity contribution in [2.75, 3.05) is 18.0 Å². The first-order valence-electron chi connectivity index (χ1n) is 5.80. The minimum atomic E-state index is 0.416. The first-order chi connectivity index (χ1) is 7.95. The third-order valence-corrected chi connectivity index (χ3v) is 2.99. The van der Waals surface area contributed by atoms with E-state index in [-0.39, 0.29) is 0 Å². The summed E-state index contributed by atoms with van der Waals surface area (Å²) in [6.07, 6.45) is 0. The molecular formula is C13H19ClN2S. The molecule has 0 fully saturated rings. The van der Waals surface area contributed by atoms with Crippen molar-refractivity contribution in [1.82, 2.24) is 0 Å². The summed E-state index contributed by atoms with van der Waals surface area (Å²) in [5, 5.41) is 0.710. The van der Waals surface area contributed by atoms with E-state index in [1.165, 1.54) is 0 Å². The van der Waals surface area contributed by atoms with Crippen molar-refractivity contribution < 1.29 is 0 Å². The second kappa shape index (κ2) is 6.22. The number of benzene rings is 1. The molecule has 2 N–H and O–H groups in total. The maximum absolute atomic E-state index is 6.05. The van der Waals surface area contributed by atoms with Gasteiger partial charge in [0.2, 0.25) is 0 Å². The molecule has 4 heteroatoms. The molecule has 17 heavy (non-hydrogen) atoms. The average molecular weight is 271 g/mol. The predicted octanol–water partition coefficient (Wildman–Crippen LogP) is 3.46. The van der Waals surface area contributed by atoms with Crippen LogP contribution in [0.4, 0.5) is 5.69 Å². The summed E-state index contributed by atoms with van der Waals surface area (Å²) in [6, 6.07) is 5.65. The zero-order valence-electron chi connectivity index (χ0n) is 10.5. The molecular weight excluding hydrogens is 252 g/mol. The lowest BCUT2D eigenvalue weighted by atomic mass is 10.1. The maximum Gasteiger partial charge on any atom is 0.106 e. The predicted molar refractivity (Wildman–Crippen MR) is 80.1 cm³/mol. The minimum Gasteiger partial charge on any atom is -0.389 e. The molecule has 0 heterocycles. The van der Waals surface area contributed by atoms with E-state index >= 15 is 0 Å². The quantitative estimate of drug-likeness (QED) is 0.831. The molecule has 0 radical (unpaired) electrons. The van der Waals surface area contributed by atoms with Gasteiger partial charge in [0.1, 0.15) is 4.99 Å². The van der Waals surface area contributed by atoms with Crippen molar-refractivity contribution in [2.45, 2.75) is 20.8 Å². The van der Waals surface area contributed by atoms with Gasteiger partial charge in [-0.2, -0.15) is 0 Å². The summed E-state index contributed by atoms with van der Waals surface area (Å²) in [5.41, 5.74) is 7.67. The Morgan fingerprint density at radius 3 is 2.59 bits per heavy atom. The van der Waals surface area contributed by atoms with Crippen molar-refractivity contribution in [3.05, 3.63) is 28.8 Å². The van der Waals surface area contributed by atoms with Gasteiger partial charge in [-0.15, -0.1) is 0 Å². The first-order valence-corrected chi connectivity index (χ1v) is 6.58. The summed E-state index contributed by atoms with van der Waals surface area (Å²) in [7, 11) is 0. The van der Waals surface area contributed by atoms with Crippen LogP contribution >= 0.6 is 23.8 Å². The lowest BCUT2D eigenvalue weighted by molar-refractivity contribution is 0.618.